The third-order valence-electron chi connectivity index (χ3n) is 12.7. The molecule has 3 heterocycles. The number of fused-ring (bicyclic) bond motifs is 3. The molecule has 0 atom stereocenters. The third-order valence-corrected chi connectivity index (χ3v) is 12.7. The number of benzene rings is 9. The van der Waals surface area contributed by atoms with Gasteiger partial charge in [-0.2, -0.15) is 0 Å². The standard InChI is InChI=1S/3C22H17NO.Al/c3*1-15-10-11-17-8-5-9-19(22(17)23-15)20-14-18(12-13-21(20)24)16-6-3-2-4-7-16;/h3*2-14,24H,1H3;/q;;;+3/p-3. The number of aromatic nitrogens is 3. The summed E-state index contributed by atoms with van der Waals surface area (Å²) in [6.07, 6.45) is 0. The summed E-state index contributed by atoms with van der Waals surface area (Å²) < 4.78 is 0. The van der Waals surface area contributed by atoms with Gasteiger partial charge in [-0.05, 0) is 107 Å². The Labute approximate surface area is 436 Å². The molecule has 0 unspecified atom stereocenters. The Morgan fingerprint density at radius 1 is 0.247 bits per heavy atom. The molecule has 7 heteroatoms. The van der Waals surface area contributed by atoms with Crippen molar-refractivity contribution in [3.63, 3.8) is 0 Å². The quantitative estimate of drug-likeness (QED) is 0.154. The van der Waals surface area contributed by atoms with Crippen LogP contribution in [0.15, 0.2) is 237 Å². The summed E-state index contributed by atoms with van der Waals surface area (Å²) in [6, 6.07) is 76.8. The Kier molecular flexibility index (Phi) is 14.8. The summed E-state index contributed by atoms with van der Waals surface area (Å²) in [5.74, 6) is 0.0569. The molecule has 0 amide bonds. The van der Waals surface area contributed by atoms with Crippen LogP contribution in [0.1, 0.15) is 17.1 Å². The van der Waals surface area contributed by atoms with Crippen molar-refractivity contribution in [1.82, 2.24) is 15.0 Å². The summed E-state index contributed by atoms with van der Waals surface area (Å²) in [7, 11) is 0. The molecule has 0 radical (unpaired) electrons. The van der Waals surface area contributed by atoms with E-state index in [-0.39, 0.29) is 34.6 Å². The molecule has 348 valence electrons. The molecule has 0 fully saturated rings. The van der Waals surface area contributed by atoms with Crippen molar-refractivity contribution in [1.29, 1.82) is 0 Å². The van der Waals surface area contributed by atoms with E-state index in [1.54, 1.807) is 18.2 Å². The zero-order chi connectivity index (χ0) is 49.6. The average molecular weight is 958 g/mol. The largest absolute Gasteiger partial charge is 3.00 e. The minimum absolute atomic E-state index is 0. The van der Waals surface area contributed by atoms with Crippen molar-refractivity contribution < 1.29 is 15.3 Å². The maximum absolute atomic E-state index is 12.5. The minimum atomic E-state index is 0. The van der Waals surface area contributed by atoms with Crippen molar-refractivity contribution in [3.8, 4) is 84.0 Å². The van der Waals surface area contributed by atoms with E-state index < -0.39 is 0 Å². The summed E-state index contributed by atoms with van der Waals surface area (Å²) in [4.78, 5) is 14.0. The van der Waals surface area contributed by atoms with Crippen molar-refractivity contribution >= 4 is 50.1 Å². The number of rotatable bonds is 6. The number of pyridine rings is 3. The van der Waals surface area contributed by atoms with Crippen molar-refractivity contribution in [3.05, 3.63) is 254 Å². The smallest absolute Gasteiger partial charge is 0.872 e. The van der Waals surface area contributed by atoms with Gasteiger partial charge in [0.1, 0.15) is 0 Å². The first kappa shape index (κ1) is 49.1. The van der Waals surface area contributed by atoms with Gasteiger partial charge in [-0.3, -0.25) is 15.0 Å². The van der Waals surface area contributed by atoms with E-state index in [4.69, 9.17) is 0 Å². The van der Waals surface area contributed by atoms with Gasteiger partial charge in [-0.1, -0.05) is 200 Å². The molecular weight excluding hydrogens is 910 g/mol. The fourth-order valence-corrected chi connectivity index (χ4v) is 9.04. The van der Waals surface area contributed by atoms with Gasteiger partial charge in [0.05, 0.1) is 16.6 Å². The predicted octanol–water partition coefficient (Wildman–Crippen LogP) is 14.5. The van der Waals surface area contributed by atoms with Gasteiger partial charge in [0.25, 0.3) is 0 Å². The van der Waals surface area contributed by atoms with Gasteiger partial charge in [-0.15, -0.1) is 17.2 Å². The molecule has 9 aromatic carbocycles. The monoisotopic (exact) mass is 957 g/mol. The zero-order valence-corrected chi connectivity index (χ0v) is 41.8. The van der Waals surface area contributed by atoms with Gasteiger partial charge >= 0.3 is 17.4 Å². The fourth-order valence-electron chi connectivity index (χ4n) is 9.04. The molecular formula is C66H48AlN3O3. The van der Waals surface area contributed by atoms with Crippen LogP contribution < -0.4 is 15.3 Å². The zero-order valence-electron chi connectivity index (χ0n) is 40.7. The maximum Gasteiger partial charge on any atom is 3.00 e. The molecule has 12 rings (SSSR count). The van der Waals surface area contributed by atoms with Crippen molar-refractivity contribution in [2.24, 2.45) is 0 Å². The van der Waals surface area contributed by atoms with Gasteiger partial charge < -0.3 is 15.3 Å². The predicted molar refractivity (Wildman–Crippen MR) is 296 cm³/mol. The Morgan fingerprint density at radius 2 is 0.521 bits per heavy atom. The van der Waals surface area contributed by atoms with E-state index in [2.05, 4.69) is 51.4 Å². The van der Waals surface area contributed by atoms with Crippen LogP contribution >= 0.6 is 0 Å². The van der Waals surface area contributed by atoms with Crippen molar-refractivity contribution in [2.45, 2.75) is 20.8 Å². The number of hydrogen-bond donors (Lipinski definition) is 0. The molecule has 0 aliphatic carbocycles. The summed E-state index contributed by atoms with van der Waals surface area (Å²) in [5.41, 5.74) is 16.6. The number of hydrogen-bond acceptors (Lipinski definition) is 6. The van der Waals surface area contributed by atoms with E-state index in [0.717, 1.165) is 99.9 Å². The van der Waals surface area contributed by atoms with Crippen LogP contribution in [-0.4, -0.2) is 32.3 Å². The van der Waals surface area contributed by atoms with E-state index in [1.165, 1.54) is 0 Å². The Bertz CT molecular complexity index is 3480. The molecule has 0 spiro atoms. The normalized spacial score (nSPS) is 10.7. The minimum Gasteiger partial charge on any atom is -0.872 e. The van der Waals surface area contributed by atoms with Crippen LogP contribution in [0.25, 0.3) is 99.5 Å². The van der Waals surface area contributed by atoms with Gasteiger partial charge in [0, 0.05) is 49.9 Å². The Hall–Kier alpha value is -8.86. The van der Waals surface area contributed by atoms with Gasteiger partial charge in [0.2, 0.25) is 0 Å². The summed E-state index contributed by atoms with van der Waals surface area (Å²) >= 11 is 0. The van der Waals surface area contributed by atoms with Crippen LogP contribution in [-0.2, 0) is 0 Å². The first-order chi connectivity index (χ1) is 35.2. The molecule has 6 nitrogen and oxygen atoms in total. The van der Waals surface area contributed by atoms with Crippen LogP contribution in [0.4, 0.5) is 0 Å². The van der Waals surface area contributed by atoms with Crippen LogP contribution in [0.5, 0.6) is 17.2 Å². The second kappa shape index (κ2) is 22.1. The maximum atomic E-state index is 12.5. The molecule has 0 saturated carbocycles. The summed E-state index contributed by atoms with van der Waals surface area (Å²) in [6.45, 7) is 5.90. The van der Waals surface area contributed by atoms with Crippen LogP contribution in [0, 0.1) is 20.8 Å². The van der Waals surface area contributed by atoms with E-state index in [9.17, 15) is 15.3 Å². The number of para-hydroxylation sites is 3. The first-order valence-electron chi connectivity index (χ1n) is 23.9. The molecule has 0 aliphatic heterocycles. The van der Waals surface area contributed by atoms with E-state index in [1.807, 2.05) is 203 Å². The first-order valence-corrected chi connectivity index (χ1v) is 23.9. The molecule has 3 aromatic heterocycles. The molecule has 0 aliphatic rings. The number of nitrogens with zero attached hydrogens (tertiary/aromatic N) is 3. The third kappa shape index (κ3) is 10.9. The fraction of sp³-hybridized carbons (Fsp3) is 0.0455. The Balaban J connectivity index is 0.000000134. The Morgan fingerprint density at radius 3 is 0.795 bits per heavy atom. The second-order valence-corrected chi connectivity index (χ2v) is 17.7. The second-order valence-electron chi connectivity index (χ2n) is 17.7. The molecule has 12 aromatic rings. The topological polar surface area (TPSA) is 108 Å². The average Bonchev–Trinajstić information content (AvgIpc) is 3.42. The molecule has 0 saturated heterocycles. The van der Waals surface area contributed by atoms with Crippen LogP contribution in [0.3, 0.4) is 0 Å². The van der Waals surface area contributed by atoms with Crippen molar-refractivity contribution in [2.75, 3.05) is 0 Å². The SMILES string of the molecule is Cc1ccc2cccc(-c3cc(-c4ccccc4)ccc3[O-])c2n1.Cc1ccc2cccc(-c3cc(-c4ccccc4)ccc3[O-])c2n1.Cc1ccc2cccc(-c3cc(-c4ccccc4)ccc3[O-])c2n1.[Al+3]. The van der Waals surface area contributed by atoms with E-state index >= 15 is 0 Å². The van der Waals surface area contributed by atoms with Gasteiger partial charge in [0.15, 0.2) is 0 Å². The number of aryl methyl sites for hydroxylation is 3. The summed E-state index contributed by atoms with van der Waals surface area (Å²) in [5, 5.41) is 40.6. The molecule has 0 bridgehead atoms. The molecule has 73 heavy (non-hydrogen) atoms. The van der Waals surface area contributed by atoms with E-state index in [0.29, 0.717) is 16.7 Å². The van der Waals surface area contributed by atoms with Crippen LogP contribution in [0.2, 0.25) is 0 Å². The molecule has 0 N–H and O–H groups in total. The van der Waals surface area contributed by atoms with Gasteiger partial charge in [-0.25, -0.2) is 0 Å².